The molecule has 1 heterocycles. The van der Waals surface area contributed by atoms with Gasteiger partial charge in [-0.1, -0.05) is 32.4 Å². The van der Waals surface area contributed by atoms with Gasteiger partial charge in [0.25, 0.3) is 0 Å². The second kappa shape index (κ2) is 5.71. The highest BCUT2D eigenvalue weighted by molar-refractivity contribution is 6.81. The Hall–Kier alpha value is -0.0831. The van der Waals surface area contributed by atoms with Gasteiger partial charge in [0.2, 0.25) is 0 Å². The van der Waals surface area contributed by atoms with Gasteiger partial charge in [-0.05, 0) is 38.0 Å². The molecule has 1 rings (SSSR count). The number of nitrogens with zero attached hydrogens (tertiary/aromatic N) is 1. The van der Waals surface area contributed by atoms with Crippen molar-refractivity contribution in [2.45, 2.75) is 51.6 Å². The molecule has 0 aliphatic carbocycles. The standard InChI is InChI=1S/C12H25NSi/c1-4-12-14(5-2,6-3)13-10-8-7-9-11-13/h5H,2,4,6-12H2,1,3H3. The number of piperidine rings is 1. The Morgan fingerprint density at radius 2 is 1.86 bits per heavy atom. The Labute approximate surface area is 90.3 Å². The van der Waals surface area contributed by atoms with Gasteiger partial charge in [-0.3, -0.25) is 0 Å². The topological polar surface area (TPSA) is 3.24 Å². The first kappa shape index (κ1) is 12.0. The van der Waals surface area contributed by atoms with E-state index < -0.39 is 8.24 Å². The van der Waals surface area contributed by atoms with Gasteiger partial charge in [0, 0.05) is 0 Å². The second-order valence-electron chi connectivity index (χ2n) is 4.46. The maximum absolute atomic E-state index is 4.12. The fourth-order valence-corrected chi connectivity index (χ4v) is 6.65. The van der Waals surface area contributed by atoms with Crippen molar-refractivity contribution >= 4 is 8.24 Å². The van der Waals surface area contributed by atoms with Crippen molar-refractivity contribution in [2.75, 3.05) is 13.1 Å². The number of hydrogen-bond donors (Lipinski definition) is 0. The third kappa shape index (κ3) is 2.48. The van der Waals surface area contributed by atoms with Crippen LogP contribution < -0.4 is 0 Å². The normalized spacial score (nSPS) is 23.0. The fourth-order valence-electron chi connectivity index (χ4n) is 2.71. The van der Waals surface area contributed by atoms with Gasteiger partial charge in [-0.2, -0.15) is 0 Å². The molecule has 0 aromatic heterocycles. The summed E-state index contributed by atoms with van der Waals surface area (Å²) in [6, 6.07) is 2.76. The Balaban J connectivity index is 2.67. The lowest BCUT2D eigenvalue weighted by Crippen LogP contribution is -2.53. The smallest absolute Gasteiger partial charge is 0.152 e. The molecule has 1 nitrogen and oxygen atoms in total. The molecule has 1 aliphatic rings. The SMILES string of the molecule is C=C[Si](CC)(CCC)N1CCCCC1. The lowest BCUT2D eigenvalue weighted by Gasteiger charge is -2.42. The first-order valence-corrected chi connectivity index (χ1v) is 8.61. The van der Waals surface area contributed by atoms with E-state index in [4.69, 9.17) is 0 Å². The Kier molecular flexibility index (Phi) is 4.89. The molecule has 1 fully saturated rings. The highest BCUT2D eigenvalue weighted by Crippen LogP contribution is 2.26. The average Bonchev–Trinajstić information content (AvgIpc) is 2.27. The fraction of sp³-hybridized carbons (Fsp3) is 0.833. The van der Waals surface area contributed by atoms with Crippen LogP contribution in [0.1, 0.15) is 39.5 Å². The maximum Gasteiger partial charge on any atom is 0.152 e. The van der Waals surface area contributed by atoms with Gasteiger partial charge in [0.05, 0.1) is 0 Å². The van der Waals surface area contributed by atoms with E-state index in [9.17, 15) is 0 Å². The van der Waals surface area contributed by atoms with Gasteiger partial charge in [0.15, 0.2) is 8.24 Å². The van der Waals surface area contributed by atoms with Gasteiger partial charge >= 0.3 is 0 Å². The molecule has 1 aliphatic heterocycles. The number of rotatable bonds is 5. The zero-order valence-electron chi connectivity index (χ0n) is 9.89. The molecule has 0 saturated carbocycles. The summed E-state index contributed by atoms with van der Waals surface area (Å²) in [5.41, 5.74) is 2.34. The average molecular weight is 211 g/mol. The third-order valence-corrected chi connectivity index (χ3v) is 8.72. The van der Waals surface area contributed by atoms with E-state index in [0.717, 1.165) is 0 Å². The molecular weight excluding hydrogens is 186 g/mol. The Bertz CT molecular complexity index is 175. The first-order valence-electron chi connectivity index (χ1n) is 6.17. The summed E-state index contributed by atoms with van der Waals surface area (Å²) in [5.74, 6) is 0. The van der Waals surface area contributed by atoms with Crippen molar-refractivity contribution in [1.82, 2.24) is 4.57 Å². The minimum atomic E-state index is -1.25. The van der Waals surface area contributed by atoms with Gasteiger partial charge in [-0.15, -0.1) is 6.58 Å². The van der Waals surface area contributed by atoms with Gasteiger partial charge in [0.1, 0.15) is 0 Å². The summed E-state index contributed by atoms with van der Waals surface area (Å²) in [7, 11) is -1.25. The zero-order chi connectivity index (χ0) is 10.4. The number of hydrogen-bond acceptors (Lipinski definition) is 1. The molecule has 0 aromatic carbocycles. The van der Waals surface area contributed by atoms with E-state index in [1.165, 1.54) is 50.9 Å². The van der Waals surface area contributed by atoms with Crippen LogP contribution in [0.15, 0.2) is 12.3 Å². The molecule has 1 unspecified atom stereocenters. The summed E-state index contributed by atoms with van der Waals surface area (Å²) in [4.78, 5) is 0. The second-order valence-corrected chi connectivity index (χ2v) is 8.91. The van der Waals surface area contributed by atoms with Crippen molar-refractivity contribution in [3.8, 4) is 0 Å². The van der Waals surface area contributed by atoms with Gasteiger partial charge in [-0.25, -0.2) is 0 Å². The van der Waals surface area contributed by atoms with Crippen molar-refractivity contribution < 1.29 is 0 Å². The van der Waals surface area contributed by atoms with Crippen molar-refractivity contribution in [2.24, 2.45) is 0 Å². The van der Waals surface area contributed by atoms with Crippen LogP contribution in [0.3, 0.4) is 0 Å². The molecule has 2 heteroatoms. The summed E-state index contributed by atoms with van der Waals surface area (Å²) in [6.07, 6.45) is 5.58. The monoisotopic (exact) mass is 211 g/mol. The van der Waals surface area contributed by atoms with Crippen LogP contribution in [-0.2, 0) is 0 Å². The molecule has 14 heavy (non-hydrogen) atoms. The summed E-state index contributed by atoms with van der Waals surface area (Å²) in [6.45, 7) is 11.5. The molecule has 82 valence electrons. The molecule has 0 amide bonds. The van der Waals surface area contributed by atoms with Crippen LogP contribution >= 0.6 is 0 Å². The van der Waals surface area contributed by atoms with Crippen LogP contribution in [0, 0.1) is 0 Å². The molecular formula is C12H25NSi. The third-order valence-electron chi connectivity index (χ3n) is 3.66. The maximum atomic E-state index is 4.12. The lowest BCUT2D eigenvalue weighted by molar-refractivity contribution is 0.342. The van der Waals surface area contributed by atoms with Gasteiger partial charge < -0.3 is 4.57 Å². The molecule has 1 atom stereocenters. The van der Waals surface area contributed by atoms with Crippen LogP contribution in [0.5, 0.6) is 0 Å². The zero-order valence-corrected chi connectivity index (χ0v) is 10.9. The minimum Gasteiger partial charge on any atom is -0.320 e. The minimum absolute atomic E-state index is 1.25. The van der Waals surface area contributed by atoms with E-state index in [-0.39, 0.29) is 0 Å². The van der Waals surface area contributed by atoms with E-state index in [1.54, 1.807) is 0 Å². The van der Waals surface area contributed by atoms with Crippen LogP contribution in [0.25, 0.3) is 0 Å². The highest BCUT2D eigenvalue weighted by Gasteiger charge is 2.34. The molecule has 0 spiro atoms. The van der Waals surface area contributed by atoms with E-state index in [0.29, 0.717) is 0 Å². The molecule has 0 aromatic rings. The Morgan fingerprint density at radius 1 is 1.21 bits per heavy atom. The first-order chi connectivity index (χ1) is 6.79. The van der Waals surface area contributed by atoms with Crippen molar-refractivity contribution in [3.05, 3.63) is 12.3 Å². The molecule has 0 N–H and O–H groups in total. The summed E-state index contributed by atoms with van der Waals surface area (Å²) >= 11 is 0. The van der Waals surface area contributed by atoms with Crippen molar-refractivity contribution in [1.29, 1.82) is 0 Å². The lowest BCUT2D eigenvalue weighted by atomic mass is 10.2. The van der Waals surface area contributed by atoms with E-state index >= 15 is 0 Å². The summed E-state index contributed by atoms with van der Waals surface area (Å²) < 4.78 is 2.80. The quantitative estimate of drug-likeness (QED) is 0.628. The van der Waals surface area contributed by atoms with Crippen LogP contribution in [0.4, 0.5) is 0 Å². The van der Waals surface area contributed by atoms with E-state index in [1.807, 2.05) is 0 Å². The van der Waals surface area contributed by atoms with Crippen LogP contribution in [0.2, 0.25) is 12.1 Å². The molecule has 0 radical (unpaired) electrons. The van der Waals surface area contributed by atoms with Crippen LogP contribution in [-0.4, -0.2) is 25.9 Å². The predicted octanol–water partition coefficient (Wildman–Crippen LogP) is 3.57. The Morgan fingerprint density at radius 3 is 2.29 bits per heavy atom. The van der Waals surface area contributed by atoms with Crippen molar-refractivity contribution in [3.63, 3.8) is 0 Å². The molecule has 1 saturated heterocycles. The largest absolute Gasteiger partial charge is 0.320 e. The predicted molar refractivity (Wildman–Crippen MR) is 67.0 cm³/mol. The molecule has 0 bridgehead atoms. The highest BCUT2D eigenvalue weighted by atomic mass is 28.3. The van der Waals surface area contributed by atoms with E-state index in [2.05, 4.69) is 30.7 Å². The summed E-state index contributed by atoms with van der Waals surface area (Å²) in [5, 5.41) is 0.